The molecule has 1 aromatic heterocycles. The molecule has 236 valence electrons. The fourth-order valence-corrected chi connectivity index (χ4v) is 6.21. The fraction of sp³-hybridized carbons (Fsp3) is 0.219. The average Bonchev–Trinajstić information content (AvgIpc) is 3.27. The van der Waals surface area contributed by atoms with E-state index in [4.69, 9.17) is 0 Å². The summed E-state index contributed by atoms with van der Waals surface area (Å²) in [4.78, 5) is 24.2. The third-order valence-corrected chi connectivity index (χ3v) is 8.80. The van der Waals surface area contributed by atoms with E-state index in [0.29, 0.717) is 29.1 Å². The van der Waals surface area contributed by atoms with Gasteiger partial charge in [-0.25, -0.2) is 13.8 Å². The molecule has 2 amide bonds. The molecule has 0 aliphatic carbocycles. The van der Waals surface area contributed by atoms with E-state index >= 15 is 0 Å². The standard InChI is InChI=1S/C32H32F3N5O4S/c1-22-19-26(23(2)40(22)30-12-8-7-11-29(30)32(33,34)35)20-36-38-31(42)21-39(18-17-25-9-5-4-6-10-25)45(43,44)28-15-13-27(14-16-28)37-24(3)41/h4-16,19-20H,17-18,21H2,1-3H3,(H,37,41)(H,38,42)/b36-20+. The summed E-state index contributed by atoms with van der Waals surface area (Å²) in [6, 6.07) is 21.7. The number of carbonyl (C=O) groups excluding carboxylic acids is 2. The highest BCUT2D eigenvalue weighted by Crippen LogP contribution is 2.35. The van der Waals surface area contributed by atoms with Crippen LogP contribution >= 0.6 is 0 Å². The van der Waals surface area contributed by atoms with Crippen LogP contribution < -0.4 is 10.7 Å². The highest BCUT2D eigenvalue weighted by Gasteiger charge is 2.34. The molecule has 0 unspecified atom stereocenters. The second-order valence-electron chi connectivity index (χ2n) is 10.2. The number of alkyl halides is 3. The predicted molar refractivity (Wildman–Crippen MR) is 166 cm³/mol. The van der Waals surface area contributed by atoms with E-state index in [0.717, 1.165) is 15.9 Å². The lowest BCUT2D eigenvalue weighted by Gasteiger charge is -2.21. The smallest absolute Gasteiger partial charge is 0.326 e. The minimum absolute atomic E-state index is 0.00328. The molecular weight excluding hydrogens is 607 g/mol. The number of hydrazone groups is 1. The van der Waals surface area contributed by atoms with Crippen LogP contribution in [0.5, 0.6) is 0 Å². The van der Waals surface area contributed by atoms with Crippen molar-refractivity contribution >= 4 is 33.7 Å². The molecule has 4 rings (SSSR count). The van der Waals surface area contributed by atoms with Gasteiger partial charge in [-0.2, -0.15) is 22.6 Å². The van der Waals surface area contributed by atoms with Crippen LogP contribution in [0.4, 0.5) is 18.9 Å². The SMILES string of the molecule is CC(=O)Nc1ccc(S(=O)(=O)N(CCc2ccccc2)CC(=O)N/N=C/c2cc(C)n(-c3ccccc3C(F)(F)F)c2C)cc1. The molecule has 0 radical (unpaired) electrons. The first-order valence-electron chi connectivity index (χ1n) is 13.9. The van der Waals surface area contributed by atoms with Crippen molar-refractivity contribution in [3.8, 4) is 5.69 Å². The monoisotopic (exact) mass is 639 g/mol. The van der Waals surface area contributed by atoms with Gasteiger partial charge in [-0.15, -0.1) is 0 Å². The Balaban J connectivity index is 1.52. The van der Waals surface area contributed by atoms with Gasteiger partial charge in [0.15, 0.2) is 0 Å². The maximum Gasteiger partial charge on any atom is 0.418 e. The Morgan fingerprint density at radius 2 is 1.60 bits per heavy atom. The zero-order valence-corrected chi connectivity index (χ0v) is 25.6. The third kappa shape index (κ3) is 8.25. The normalized spacial score (nSPS) is 12.1. The van der Waals surface area contributed by atoms with E-state index in [1.807, 2.05) is 30.3 Å². The molecule has 0 saturated heterocycles. The molecule has 9 nitrogen and oxygen atoms in total. The molecule has 0 aliphatic heterocycles. The Morgan fingerprint density at radius 1 is 0.956 bits per heavy atom. The van der Waals surface area contributed by atoms with Crippen molar-refractivity contribution in [1.82, 2.24) is 14.3 Å². The van der Waals surface area contributed by atoms with Gasteiger partial charge in [0.1, 0.15) is 0 Å². The molecule has 13 heteroatoms. The highest BCUT2D eigenvalue weighted by molar-refractivity contribution is 7.89. The number of amides is 2. The predicted octanol–water partition coefficient (Wildman–Crippen LogP) is 5.46. The van der Waals surface area contributed by atoms with E-state index in [-0.39, 0.29) is 23.0 Å². The minimum Gasteiger partial charge on any atom is -0.326 e. The molecule has 3 aromatic carbocycles. The first-order valence-corrected chi connectivity index (χ1v) is 15.3. The lowest BCUT2D eigenvalue weighted by Crippen LogP contribution is -2.40. The van der Waals surface area contributed by atoms with Crippen LogP contribution in [-0.4, -0.2) is 48.4 Å². The summed E-state index contributed by atoms with van der Waals surface area (Å²) < 4.78 is 70.6. The molecule has 0 aliphatic rings. The molecule has 0 atom stereocenters. The first-order chi connectivity index (χ1) is 21.3. The number of sulfonamides is 1. The maximum atomic E-state index is 13.7. The number of aryl methyl sites for hydroxylation is 1. The average molecular weight is 640 g/mol. The van der Waals surface area contributed by atoms with Gasteiger partial charge in [0.2, 0.25) is 15.9 Å². The topological polar surface area (TPSA) is 113 Å². The second kappa shape index (κ2) is 13.9. The van der Waals surface area contributed by atoms with E-state index in [1.54, 1.807) is 19.9 Å². The maximum absolute atomic E-state index is 13.7. The number of hydrogen-bond acceptors (Lipinski definition) is 5. The molecule has 0 saturated carbocycles. The Morgan fingerprint density at radius 3 is 2.24 bits per heavy atom. The van der Waals surface area contributed by atoms with Gasteiger partial charge < -0.3 is 9.88 Å². The number of nitrogens with one attached hydrogen (secondary N) is 2. The van der Waals surface area contributed by atoms with Gasteiger partial charge in [-0.3, -0.25) is 9.59 Å². The first kappa shape index (κ1) is 33.1. The largest absolute Gasteiger partial charge is 0.418 e. The number of hydrogen-bond donors (Lipinski definition) is 2. The number of halogens is 3. The molecule has 1 heterocycles. The summed E-state index contributed by atoms with van der Waals surface area (Å²) in [5, 5.41) is 6.54. The molecule has 0 spiro atoms. The number of anilines is 1. The van der Waals surface area contributed by atoms with Crippen molar-refractivity contribution in [2.75, 3.05) is 18.4 Å². The number of nitrogens with zero attached hydrogens (tertiary/aromatic N) is 3. The Hall–Kier alpha value is -4.75. The number of rotatable bonds is 11. The van der Waals surface area contributed by atoms with Crippen molar-refractivity contribution in [3.63, 3.8) is 0 Å². The van der Waals surface area contributed by atoms with Crippen molar-refractivity contribution in [2.45, 2.75) is 38.3 Å². The van der Waals surface area contributed by atoms with E-state index in [1.165, 1.54) is 60.2 Å². The van der Waals surface area contributed by atoms with Gasteiger partial charge in [-0.1, -0.05) is 42.5 Å². The van der Waals surface area contributed by atoms with E-state index in [9.17, 15) is 31.2 Å². The van der Waals surface area contributed by atoms with Crippen LogP contribution in [0.2, 0.25) is 0 Å². The summed E-state index contributed by atoms with van der Waals surface area (Å²) in [5.74, 6) is -1.02. The van der Waals surface area contributed by atoms with Crippen LogP contribution in [0, 0.1) is 13.8 Å². The minimum atomic E-state index is -4.55. The van der Waals surface area contributed by atoms with Gasteiger partial charge in [0.05, 0.1) is 28.9 Å². The second-order valence-corrected chi connectivity index (χ2v) is 12.2. The van der Waals surface area contributed by atoms with Crippen LogP contribution in [0.3, 0.4) is 0 Å². The summed E-state index contributed by atoms with van der Waals surface area (Å²) in [6.07, 6.45) is -2.91. The van der Waals surface area contributed by atoms with E-state index < -0.39 is 34.2 Å². The number of para-hydroxylation sites is 1. The van der Waals surface area contributed by atoms with Crippen LogP contribution in [0.1, 0.15) is 35.0 Å². The van der Waals surface area contributed by atoms with Crippen molar-refractivity contribution in [3.05, 3.63) is 113 Å². The quantitative estimate of drug-likeness (QED) is 0.168. The number of aromatic nitrogens is 1. The molecule has 0 fully saturated rings. The summed E-state index contributed by atoms with van der Waals surface area (Å²) >= 11 is 0. The van der Waals surface area contributed by atoms with E-state index in [2.05, 4.69) is 15.8 Å². The van der Waals surface area contributed by atoms with Gasteiger partial charge in [0.25, 0.3) is 5.91 Å². The number of benzene rings is 3. The summed E-state index contributed by atoms with van der Waals surface area (Å²) in [5.41, 5.74) is 4.28. The third-order valence-electron chi connectivity index (χ3n) is 6.94. The Kier molecular flexibility index (Phi) is 10.2. The van der Waals surface area contributed by atoms with Gasteiger partial charge in [0, 0.05) is 36.1 Å². The van der Waals surface area contributed by atoms with Crippen LogP contribution in [-0.2, 0) is 32.2 Å². The molecular formula is C32H32F3N5O4S. The molecule has 4 aromatic rings. The summed E-state index contributed by atoms with van der Waals surface area (Å²) in [6.45, 7) is 4.09. The van der Waals surface area contributed by atoms with Gasteiger partial charge >= 0.3 is 6.18 Å². The zero-order chi connectivity index (χ0) is 32.8. The van der Waals surface area contributed by atoms with Crippen LogP contribution in [0.15, 0.2) is 94.9 Å². The zero-order valence-electron chi connectivity index (χ0n) is 24.8. The lowest BCUT2D eigenvalue weighted by molar-refractivity contribution is -0.137. The highest BCUT2D eigenvalue weighted by atomic mass is 32.2. The van der Waals surface area contributed by atoms with Crippen molar-refractivity contribution in [2.24, 2.45) is 5.10 Å². The summed E-state index contributed by atoms with van der Waals surface area (Å²) in [7, 11) is -4.13. The molecule has 45 heavy (non-hydrogen) atoms. The number of carbonyl (C=O) groups is 2. The van der Waals surface area contributed by atoms with Crippen LogP contribution in [0.25, 0.3) is 5.69 Å². The molecule has 2 N–H and O–H groups in total. The molecule has 0 bridgehead atoms. The Labute approximate surface area is 259 Å². The lowest BCUT2D eigenvalue weighted by atomic mass is 10.1. The Bertz CT molecular complexity index is 1800. The fourth-order valence-electron chi connectivity index (χ4n) is 4.81. The van der Waals surface area contributed by atoms with Crippen molar-refractivity contribution < 1.29 is 31.2 Å². The van der Waals surface area contributed by atoms with Crippen molar-refractivity contribution in [1.29, 1.82) is 0 Å². The van der Waals surface area contributed by atoms with Gasteiger partial charge in [-0.05, 0) is 68.3 Å².